The van der Waals surface area contributed by atoms with E-state index < -0.39 is 0 Å². The van der Waals surface area contributed by atoms with Crippen molar-refractivity contribution < 1.29 is 9.59 Å². The van der Waals surface area contributed by atoms with Crippen molar-refractivity contribution in [2.45, 2.75) is 45.1 Å². The van der Waals surface area contributed by atoms with Gasteiger partial charge in [0.05, 0.1) is 13.1 Å². The Kier molecular flexibility index (Phi) is 6.67. The lowest BCUT2D eigenvalue weighted by Crippen LogP contribution is -2.35. The third-order valence-corrected chi connectivity index (χ3v) is 3.59. The van der Waals surface area contributed by atoms with Gasteiger partial charge in [-0.3, -0.25) is 9.59 Å². The molecule has 108 valence electrons. The highest BCUT2D eigenvalue weighted by atomic mass is 16.2. The second-order valence-corrected chi connectivity index (χ2v) is 5.09. The van der Waals surface area contributed by atoms with E-state index in [0.29, 0.717) is 32.0 Å². The van der Waals surface area contributed by atoms with Gasteiger partial charge in [-0.1, -0.05) is 11.8 Å². The minimum atomic E-state index is 0.199. The molecule has 2 aliphatic rings. The van der Waals surface area contributed by atoms with Crippen molar-refractivity contribution in [2.75, 3.05) is 19.6 Å². The Bertz CT molecular complexity index is 425. The normalized spacial score (nSPS) is 21.9. The van der Waals surface area contributed by atoms with Crippen LogP contribution in [-0.2, 0) is 9.59 Å². The first-order chi connectivity index (χ1) is 9.60. The molecule has 2 aliphatic heterocycles. The van der Waals surface area contributed by atoms with Crippen LogP contribution in [0.4, 0.5) is 0 Å². The molecule has 2 heterocycles. The average Bonchev–Trinajstić information content (AvgIpc) is 2.75. The van der Waals surface area contributed by atoms with Crippen LogP contribution in [0.5, 0.6) is 0 Å². The Hall–Kier alpha value is -1.94. The van der Waals surface area contributed by atoms with Gasteiger partial charge in [0.1, 0.15) is 0 Å². The molecule has 4 heteroatoms. The highest BCUT2D eigenvalue weighted by molar-refractivity contribution is 5.79. The minimum absolute atomic E-state index is 0.199. The number of terminal acetylenes is 2. The van der Waals surface area contributed by atoms with Crippen LogP contribution in [0.25, 0.3) is 0 Å². The van der Waals surface area contributed by atoms with Gasteiger partial charge in [0.2, 0.25) is 11.8 Å². The molecule has 0 N–H and O–H groups in total. The van der Waals surface area contributed by atoms with Gasteiger partial charge >= 0.3 is 0 Å². The maximum absolute atomic E-state index is 11.0. The van der Waals surface area contributed by atoms with Crippen molar-refractivity contribution in [2.24, 2.45) is 0 Å². The SMILES string of the molecule is C#CCN1C(=O)CCC1C.C#CCN1CCCCC1=O. The fraction of sp³-hybridized carbons (Fsp3) is 0.625. The quantitative estimate of drug-likeness (QED) is 0.711. The molecule has 0 aromatic carbocycles. The molecule has 2 rings (SSSR count). The summed E-state index contributed by atoms with van der Waals surface area (Å²) in [5.41, 5.74) is 0. The van der Waals surface area contributed by atoms with Gasteiger partial charge in [-0.2, -0.15) is 0 Å². The van der Waals surface area contributed by atoms with Crippen molar-refractivity contribution in [3.05, 3.63) is 0 Å². The number of rotatable bonds is 2. The summed E-state index contributed by atoms with van der Waals surface area (Å²) >= 11 is 0. The van der Waals surface area contributed by atoms with Crippen LogP contribution in [0.2, 0.25) is 0 Å². The molecule has 0 spiro atoms. The predicted molar refractivity (Wildman–Crippen MR) is 78.5 cm³/mol. The molecular weight excluding hydrogens is 252 g/mol. The number of likely N-dealkylation sites (tertiary alicyclic amines) is 2. The second-order valence-electron chi connectivity index (χ2n) is 5.09. The summed E-state index contributed by atoms with van der Waals surface area (Å²) in [6.45, 7) is 3.84. The average molecular weight is 274 g/mol. The Morgan fingerprint density at radius 2 is 1.80 bits per heavy atom. The summed E-state index contributed by atoms with van der Waals surface area (Å²) in [7, 11) is 0. The van der Waals surface area contributed by atoms with Gasteiger partial charge in [0.15, 0.2) is 0 Å². The van der Waals surface area contributed by atoms with Gasteiger partial charge in [-0.15, -0.1) is 12.8 Å². The summed E-state index contributed by atoms with van der Waals surface area (Å²) < 4.78 is 0. The fourth-order valence-corrected chi connectivity index (χ4v) is 2.36. The van der Waals surface area contributed by atoms with Gasteiger partial charge in [-0.25, -0.2) is 0 Å². The first-order valence-corrected chi connectivity index (χ1v) is 7.04. The van der Waals surface area contributed by atoms with Crippen LogP contribution in [0.3, 0.4) is 0 Å². The molecule has 0 saturated carbocycles. The molecule has 2 amide bonds. The Morgan fingerprint density at radius 3 is 2.30 bits per heavy atom. The minimum Gasteiger partial charge on any atom is -0.332 e. The lowest BCUT2D eigenvalue weighted by Gasteiger charge is -2.24. The molecule has 2 fully saturated rings. The fourth-order valence-electron chi connectivity index (χ4n) is 2.36. The maximum atomic E-state index is 11.0. The van der Waals surface area contributed by atoms with Crippen LogP contribution >= 0.6 is 0 Å². The smallest absolute Gasteiger partial charge is 0.223 e. The highest BCUT2D eigenvalue weighted by Gasteiger charge is 2.25. The molecule has 0 aromatic rings. The highest BCUT2D eigenvalue weighted by Crippen LogP contribution is 2.16. The largest absolute Gasteiger partial charge is 0.332 e. The molecule has 0 aromatic heterocycles. The number of hydrogen-bond acceptors (Lipinski definition) is 2. The van der Waals surface area contributed by atoms with E-state index in [2.05, 4.69) is 11.8 Å². The lowest BCUT2D eigenvalue weighted by atomic mass is 10.1. The van der Waals surface area contributed by atoms with E-state index in [1.807, 2.05) is 6.92 Å². The molecule has 0 aliphatic carbocycles. The first-order valence-electron chi connectivity index (χ1n) is 7.04. The van der Waals surface area contributed by atoms with E-state index in [1.54, 1.807) is 9.80 Å². The van der Waals surface area contributed by atoms with Crippen molar-refractivity contribution in [3.63, 3.8) is 0 Å². The van der Waals surface area contributed by atoms with Crippen molar-refractivity contribution in [3.8, 4) is 24.7 Å². The van der Waals surface area contributed by atoms with Gasteiger partial charge in [0.25, 0.3) is 0 Å². The summed E-state index contributed by atoms with van der Waals surface area (Å²) in [6, 6.07) is 0.351. The Labute approximate surface area is 121 Å². The number of carbonyl (C=O) groups is 2. The Morgan fingerprint density at radius 1 is 1.10 bits per heavy atom. The summed E-state index contributed by atoms with van der Waals surface area (Å²) in [6.07, 6.45) is 14.6. The molecule has 4 nitrogen and oxygen atoms in total. The molecular formula is C16H22N2O2. The first kappa shape index (κ1) is 16.1. The van der Waals surface area contributed by atoms with E-state index in [1.165, 1.54) is 0 Å². The van der Waals surface area contributed by atoms with Gasteiger partial charge in [0, 0.05) is 25.4 Å². The summed E-state index contributed by atoms with van der Waals surface area (Å²) in [5.74, 6) is 5.36. The van der Waals surface area contributed by atoms with Crippen LogP contribution in [0.15, 0.2) is 0 Å². The van der Waals surface area contributed by atoms with Gasteiger partial charge in [-0.05, 0) is 26.2 Å². The molecule has 20 heavy (non-hydrogen) atoms. The van der Waals surface area contributed by atoms with Crippen molar-refractivity contribution >= 4 is 11.8 Å². The standard InChI is InChI=1S/2C8H11NO/c1-3-6-9-7(2)4-5-8(9)10;1-2-6-9-7-4-3-5-8(9)10/h1,7H,4-6H2,2H3;1H,3-7H2. The van der Waals surface area contributed by atoms with E-state index in [9.17, 15) is 9.59 Å². The zero-order valence-corrected chi connectivity index (χ0v) is 12.1. The van der Waals surface area contributed by atoms with Crippen LogP contribution in [0.1, 0.15) is 39.0 Å². The molecule has 1 unspecified atom stereocenters. The topological polar surface area (TPSA) is 40.6 Å². The summed E-state index contributed by atoms with van der Waals surface area (Å²) in [5, 5.41) is 0. The molecule has 2 saturated heterocycles. The molecule has 1 atom stereocenters. The number of carbonyl (C=O) groups excluding carboxylic acids is 2. The van der Waals surface area contributed by atoms with E-state index in [4.69, 9.17) is 12.8 Å². The number of amides is 2. The third kappa shape index (κ3) is 4.63. The maximum Gasteiger partial charge on any atom is 0.223 e. The van der Waals surface area contributed by atoms with E-state index in [-0.39, 0.29) is 11.8 Å². The van der Waals surface area contributed by atoms with E-state index >= 15 is 0 Å². The number of hydrogen-bond donors (Lipinski definition) is 0. The van der Waals surface area contributed by atoms with E-state index in [0.717, 1.165) is 25.8 Å². The molecule has 0 bridgehead atoms. The second kappa shape index (κ2) is 8.27. The van der Waals surface area contributed by atoms with Crippen LogP contribution < -0.4 is 0 Å². The number of piperidine rings is 1. The lowest BCUT2D eigenvalue weighted by molar-refractivity contribution is -0.132. The Balaban J connectivity index is 0.000000200. The third-order valence-electron chi connectivity index (χ3n) is 3.59. The summed E-state index contributed by atoms with van der Waals surface area (Å²) in [4.78, 5) is 25.5. The van der Waals surface area contributed by atoms with Crippen LogP contribution in [0, 0.1) is 24.7 Å². The van der Waals surface area contributed by atoms with Crippen LogP contribution in [-0.4, -0.2) is 47.3 Å². The number of nitrogens with zero attached hydrogens (tertiary/aromatic N) is 2. The van der Waals surface area contributed by atoms with Crippen molar-refractivity contribution in [1.82, 2.24) is 9.80 Å². The monoisotopic (exact) mass is 274 g/mol. The zero-order chi connectivity index (χ0) is 15.0. The predicted octanol–water partition coefficient (Wildman–Crippen LogP) is 1.26. The van der Waals surface area contributed by atoms with Crippen molar-refractivity contribution in [1.29, 1.82) is 0 Å². The molecule has 0 radical (unpaired) electrons. The van der Waals surface area contributed by atoms with Gasteiger partial charge < -0.3 is 9.80 Å². The zero-order valence-electron chi connectivity index (χ0n) is 12.1.